The third-order valence-corrected chi connectivity index (χ3v) is 10.9. The Balaban J connectivity index is 0.000000150. The zero-order chi connectivity index (χ0) is 45.1. The molecule has 0 fully saturated rings. The summed E-state index contributed by atoms with van der Waals surface area (Å²) in [6, 6.07) is 73.4. The molecule has 0 aromatic heterocycles. The molecule has 0 heteroatoms. The molecule has 0 nitrogen and oxygen atoms in total. The third kappa shape index (κ3) is 16.2. The van der Waals surface area contributed by atoms with E-state index >= 15 is 0 Å². The minimum Gasteiger partial charge on any atom is -0.0622 e. The first-order valence-corrected chi connectivity index (χ1v) is 22.2. The molecular weight excluding hydrogens is 757 g/mol. The fourth-order valence-corrected chi connectivity index (χ4v) is 6.93. The van der Waals surface area contributed by atoms with Crippen LogP contribution in [0.15, 0.2) is 206 Å². The molecule has 9 aromatic carbocycles. The second kappa shape index (κ2) is 24.0. The van der Waals surface area contributed by atoms with E-state index in [0.29, 0.717) is 0 Å². The normalized spacial score (nSPS) is 10.1. The summed E-state index contributed by atoms with van der Waals surface area (Å²) in [5.74, 6) is 0. The zero-order valence-corrected chi connectivity index (χ0v) is 39.3. The fraction of sp³-hybridized carbons (Fsp3) is 0.175. The van der Waals surface area contributed by atoms with E-state index in [1.807, 2.05) is 0 Å². The summed E-state index contributed by atoms with van der Waals surface area (Å²) >= 11 is 0. The quantitative estimate of drug-likeness (QED) is 0.166. The molecule has 318 valence electrons. The van der Waals surface area contributed by atoms with Crippen LogP contribution in [-0.4, -0.2) is 0 Å². The predicted octanol–water partition coefficient (Wildman–Crippen LogP) is 17.6. The molecule has 63 heavy (non-hydrogen) atoms. The highest BCUT2D eigenvalue weighted by Crippen LogP contribution is 2.24. The van der Waals surface area contributed by atoms with Crippen LogP contribution in [0, 0.1) is 69.2 Å². The Kier molecular flexibility index (Phi) is 18.0. The van der Waals surface area contributed by atoms with Gasteiger partial charge in [-0.15, -0.1) is 0 Å². The third-order valence-electron chi connectivity index (χ3n) is 10.9. The van der Waals surface area contributed by atoms with Crippen LogP contribution in [0.25, 0.3) is 33.0 Å². The fourth-order valence-electron chi connectivity index (χ4n) is 6.93. The number of hydrogen-bond donors (Lipinski definition) is 0. The molecule has 0 heterocycles. The number of aryl methyl sites for hydroxylation is 10. The minimum absolute atomic E-state index is 1.03. The molecule has 0 spiro atoms. The number of hydrogen-bond acceptors (Lipinski definition) is 0. The molecular formula is C63H66. The van der Waals surface area contributed by atoms with Gasteiger partial charge in [0.05, 0.1) is 0 Å². The van der Waals surface area contributed by atoms with Gasteiger partial charge in [0.1, 0.15) is 0 Å². The average Bonchev–Trinajstić information content (AvgIpc) is 3.29. The largest absolute Gasteiger partial charge is 0.0622 e. The van der Waals surface area contributed by atoms with E-state index in [-0.39, 0.29) is 0 Å². The first-order valence-electron chi connectivity index (χ1n) is 22.2. The molecule has 0 aliphatic heterocycles. The zero-order valence-electron chi connectivity index (χ0n) is 39.3. The van der Waals surface area contributed by atoms with Crippen LogP contribution >= 0.6 is 0 Å². The summed E-state index contributed by atoms with van der Waals surface area (Å²) in [5.41, 5.74) is 21.2. The van der Waals surface area contributed by atoms with E-state index in [1.54, 1.807) is 0 Å². The highest BCUT2D eigenvalue weighted by molar-refractivity contribution is 5.83. The van der Waals surface area contributed by atoms with Crippen molar-refractivity contribution < 1.29 is 0 Å². The predicted molar refractivity (Wildman–Crippen MR) is 277 cm³/mol. The molecule has 9 rings (SSSR count). The molecule has 0 bridgehead atoms. The van der Waals surface area contributed by atoms with E-state index < -0.39 is 0 Å². The molecule has 0 amide bonds. The lowest BCUT2D eigenvalue weighted by atomic mass is 9.99. The van der Waals surface area contributed by atoms with Crippen molar-refractivity contribution in [3.8, 4) is 22.3 Å². The average molecular weight is 823 g/mol. The van der Waals surface area contributed by atoms with Gasteiger partial charge in [-0.2, -0.15) is 0 Å². The molecule has 0 saturated heterocycles. The van der Waals surface area contributed by atoms with Gasteiger partial charge in [-0.1, -0.05) is 256 Å². The van der Waals surface area contributed by atoms with E-state index in [1.165, 1.54) is 99.8 Å². The second-order valence-electron chi connectivity index (χ2n) is 17.1. The Bertz CT molecular complexity index is 2570. The molecule has 0 unspecified atom stereocenters. The van der Waals surface area contributed by atoms with E-state index in [9.17, 15) is 0 Å². The molecule has 0 radical (unpaired) electrons. The maximum Gasteiger partial charge on any atom is -0.00258 e. The maximum absolute atomic E-state index is 2.24. The Morgan fingerprint density at radius 2 is 0.540 bits per heavy atom. The molecule has 0 atom stereocenters. The number of rotatable bonds is 4. The number of fused-ring (bicyclic) bond motifs is 1. The van der Waals surface area contributed by atoms with Gasteiger partial charge in [0.15, 0.2) is 0 Å². The van der Waals surface area contributed by atoms with Gasteiger partial charge in [0, 0.05) is 0 Å². The summed E-state index contributed by atoms with van der Waals surface area (Å²) in [7, 11) is 0. The lowest BCUT2D eigenvalue weighted by molar-refractivity contribution is 1.18. The molecule has 0 saturated carbocycles. The van der Waals surface area contributed by atoms with Gasteiger partial charge in [-0.3, -0.25) is 0 Å². The van der Waals surface area contributed by atoms with E-state index in [2.05, 4.69) is 275 Å². The molecule has 0 aliphatic rings. The topological polar surface area (TPSA) is 0 Å². The Morgan fingerprint density at radius 3 is 0.921 bits per heavy atom. The van der Waals surface area contributed by atoms with Crippen LogP contribution in [-0.2, 0) is 6.42 Å². The van der Waals surface area contributed by atoms with Gasteiger partial charge < -0.3 is 0 Å². The Hall–Kier alpha value is -6.76. The van der Waals surface area contributed by atoms with Gasteiger partial charge in [-0.05, 0) is 125 Å². The second-order valence-corrected chi connectivity index (χ2v) is 17.1. The highest BCUT2D eigenvalue weighted by Gasteiger charge is 2.01. The van der Waals surface area contributed by atoms with Crippen molar-refractivity contribution in [2.45, 2.75) is 75.7 Å². The van der Waals surface area contributed by atoms with Gasteiger partial charge in [0.2, 0.25) is 0 Å². The van der Waals surface area contributed by atoms with Gasteiger partial charge in [0.25, 0.3) is 0 Å². The van der Waals surface area contributed by atoms with Crippen molar-refractivity contribution in [3.05, 3.63) is 273 Å². The van der Waals surface area contributed by atoms with Crippen LogP contribution in [0.2, 0.25) is 0 Å². The maximum atomic E-state index is 2.24. The van der Waals surface area contributed by atoms with Crippen molar-refractivity contribution in [1.29, 1.82) is 0 Å². The Labute approximate surface area is 380 Å². The lowest BCUT2D eigenvalue weighted by Gasteiger charge is -2.06. The summed E-state index contributed by atoms with van der Waals surface area (Å²) in [6.45, 7) is 21.2. The summed E-state index contributed by atoms with van der Waals surface area (Å²) in [6.07, 6.45) is 1.03. The van der Waals surface area contributed by atoms with Crippen LogP contribution < -0.4 is 0 Å². The number of benzene rings is 9. The summed E-state index contributed by atoms with van der Waals surface area (Å²) < 4.78 is 0. The van der Waals surface area contributed by atoms with Crippen LogP contribution in [0.3, 0.4) is 0 Å². The van der Waals surface area contributed by atoms with Crippen molar-refractivity contribution >= 4 is 10.8 Å². The van der Waals surface area contributed by atoms with Crippen molar-refractivity contribution in [2.24, 2.45) is 0 Å². The highest BCUT2D eigenvalue weighted by atomic mass is 14.1. The SMILES string of the molecule is Cc1ccc(-c2ccc(C)cc2)cc1.Cc1ccc(C)c(-c2ccccc2)c1.Cc1ccc(C)cc1.Cc1ccc(Cc2ccc(C)cc2)cc1.Cc1ccc2cc(C)ccc2c1. The van der Waals surface area contributed by atoms with Gasteiger partial charge in [-0.25, -0.2) is 0 Å². The lowest BCUT2D eigenvalue weighted by Crippen LogP contribution is -1.88. The smallest absolute Gasteiger partial charge is 0.00258 e. The first kappa shape index (κ1) is 47.3. The monoisotopic (exact) mass is 823 g/mol. The molecule has 9 aromatic rings. The van der Waals surface area contributed by atoms with Crippen molar-refractivity contribution in [1.82, 2.24) is 0 Å². The van der Waals surface area contributed by atoms with Crippen LogP contribution in [0.4, 0.5) is 0 Å². The van der Waals surface area contributed by atoms with E-state index in [4.69, 9.17) is 0 Å². The van der Waals surface area contributed by atoms with Crippen molar-refractivity contribution in [2.75, 3.05) is 0 Å². The summed E-state index contributed by atoms with van der Waals surface area (Å²) in [4.78, 5) is 0. The van der Waals surface area contributed by atoms with Crippen molar-refractivity contribution in [3.63, 3.8) is 0 Å². The van der Waals surface area contributed by atoms with E-state index in [0.717, 1.165) is 6.42 Å². The van der Waals surface area contributed by atoms with Crippen LogP contribution in [0.5, 0.6) is 0 Å². The Morgan fingerprint density at radius 1 is 0.238 bits per heavy atom. The van der Waals surface area contributed by atoms with Gasteiger partial charge >= 0.3 is 0 Å². The standard InChI is InChI=1S/C15H16.2C14H14.C12H12.C8H10/c1-12-3-7-14(8-4-12)11-15-9-5-13(2)6-10-15;1-11-3-7-13(8-4-11)14-9-5-12(2)6-10-14;1-11-8-9-12(2)14(10-11)13-6-4-3-5-7-13;1-9-3-5-12-8-10(2)4-6-11(12)7-9;1-7-3-5-8(2)6-4-7/h3-10H,11H2,1-2H3;2*3-10H,1-2H3;3-8H,1-2H3;3-6H,1-2H3. The molecule has 0 aliphatic carbocycles. The minimum atomic E-state index is 1.03. The first-order chi connectivity index (χ1) is 30.3. The van der Waals surface area contributed by atoms with Crippen LogP contribution in [0.1, 0.15) is 66.8 Å². The molecule has 0 N–H and O–H groups in total. The summed E-state index contributed by atoms with van der Waals surface area (Å²) in [5, 5.41) is 2.67.